The Morgan fingerprint density at radius 1 is 1.30 bits per heavy atom. The first kappa shape index (κ1) is 14.9. The minimum Gasteiger partial charge on any atom is -0.375 e. The first-order valence-electron chi connectivity index (χ1n) is 5.90. The quantitative estimate of drug-likeness (QED) is 0.887. The van der Waals surface area contributed by atoms with E-state index in [4.69, 9.17) is 10.3 Å². The second kappa shape index (κ2) is 5.15. The molecular weight excluding hydrogens is 300 g/mol. The Kier molecular flexibility index (Phi) is 3.85. The number of nitrogens with one attached hydrogen (secondary N) is 1. The van der Waals surface area contributed by atoms with E-state index in [1.54, 1.807) is 27.7 Å². The van der Waals surface area contributed by atoms with Crippen LogP contribution in [0.1, 0.15) is 35.7 Å². The molecule has 1 atom stereocenters. The van der Waals surface area contributed by atoms with Crippen molar-refractivity contribution in [2.24, 2.45) is 0 Å². The van der Waals surface area contributed by atoms with E-state index in [1.165, 1.54) is 0 Å². The van der Waals surface area contributed by atoms with Gasteiger partial charge in [0.05, 0.1) is 11.4 Å². The Bertz CT molecular complexity index is 713. The van der Waals surface area contributed by atoms with E-state index < -0.39 is 16.1 Å². The Morgan fingerprint density at radius 3 is 2.40 bits per heavy atom. The predicted molar refractivity (Wildman–Crippen MR) is 76.0 cm³/mol. The van der Waals surface area contributed by atoms with Gasteiger partial charge in [0, 0.05) is 11.6 Å². The Morgan fingerprint density at radius 2 is 1.95 bits per heavy atom. The van der Waals surface area contributed by atoms with E-state index >= 15 is 0 Å². The molecule has 0 aliphatic heterocycles. The van der Waals surface area contributed by atoms with Crippen LogP contribution in [0, 0.1) is 20.8 Å². The number of thiazole rings is 1. The monoisotopic (exact) mass is 316 g/mol. The highest BCUT2D eigenvalue weighted by molar-refractivity contribution is 7.91. The van der Waals surface area contributed by atoms with E-state index in [9.17, 15) is 8.42 Å². The van der Waals surface area contributed by atoms with Crippen molar-refractivity contribution in [2.45, 2.75) is 37.9 Å². The maximum absolute atomic E-state index is 12.3. The van der Waals surface area contributed by atoms with Gasteiger partial charge in [0.2, 0.25) is 0 Å². The fourth-order valence-electron chi connectivity index (χ4n) is 2.11. The summed E-state index contributed by atoms with van der Waals surface area (Å²) in [6.45, 7) is 6.87. The normalized spacial score (nSPS) is 13.6. The molecule has 0 spiro atoms. The van der Waals surface area contributed by atoms with Crippen LogP contribution in [0.15, 0.2) is 8.73 Å². The molecule has 7 nitrogen and oxygen atoms in total. The highest BCUT2D eigenvalue weighted by Gasteiger charge is 2.26. The van der Waals surface area contributed by atoms with Gasteiger partial charge in [-0.15, -0.1) is 0 Å². The maximum Gasteiger partial charge on any atom is 0.252 e. The zero-order valence-corrected chi connectivity index (χ0v) is 13.2. The second-order valence-electron chi connectivity index (χ2n) is 4.51. The van der Waals surface area contributed by atoms with Crippen LogP contribution in [-0.4, -0.2) is 18.6 Å². The Labute approximate surface area is 121 Å². The molecular formula is C11H16N4O3S2. The standard InChI is InChI=1S/C11H16N4O3S2/c1-5-9(8(4)18-14-5)6(2)15-20(16,17)10-7(3)13-11(12)19-10/h6,15H,1-4H3,(H2,12,13). The van der Waals surface area contributed by atoms with Crippen molar-refractivity contribution in [1.29, 1.82) is 0 Å². The second-order valence-corrected chi connectivity index (χ2v) is 7.45. The minimum atomic E-state index is -3.67. The first-order valence-corrected chi connectivity index (χ1v) is 8.20. The number of nitrogens with two attached hydrogens (primary N) is 1. The van der Waals surface area contributed by atoms with Crippen LogP contribution in [0.5, 0.6) is 0 Å². The third-order valence-electron chi connectivity index (χ3n) is 2.87. The van der Waals surface area contributed by atoms with Gasteiger partial charge in [-0.25, -0.2) is 18.1 Å². The van der Waals surface area contributed by atoms with Gasteiger partial charge >= 0.3 is 0 Å². The topological polar surface area (TPSA) is 111 Å². The van der Waals surface area contributed by atoms with E-state index in [1.807, 2.05) is 0 Å². The maximum atomic E-state index is 12.3. The molecule has 3 N–H and O–H groups in total. The molecule has 110 valence electrons. The van der Waals surface area contributed by atoms with Crippen LogP contribution in [0.3, 0.4) is 0 Å². The van der Waals surface area contributed by atoms with Crippen molar-refractivity contribution in [3.63, 3.8) is 0 Å². The highest BCUT2D eigenvalue weighted by Crippen LogP contribution is 2.28. The molecule has 0 radical (unpaired) electrons. The number of hydrogen-bond acceptors (Lipinski definition) is 7. The predicted octanol–water partition coefficient (Wildman–Crippen LogP) is 1.68. The number of nitrogens with zero attached hydrogens (tertiary/aromatic N) is 2. The SMILES string of the molecule is Cc1nc(N)sc1S(=O)(=O)NC(C)c1c(C)noc1C. The number of anilines is 1. The molecule has 0 aromatic carbocycles. The van der Waals surface area contributed by atoms with Gasteiger partial charge in [-0.3, -0.25) is 0 Å². The molecule has 2 heterocycles. The molecule has 0 bridgehead atoms. The zero-order chi connectivity index (χ0) is 15.1. The summed E-state index contributed by atoms with van der Waals surface area (Å²) >= 11 is 0.946. The molecule has 0 fully saturated rings. The summed E-state index contributed by atoms with van der Waals surface area (Å²) in [5.74, 6) is 0.596. The van der Waals surface area contributed by atoms with Crippen LogP contribution < -0.4 is 10.5 Å². The lowest BCUT2D eigenvalue weighted by molar-refractivity contribution is 0.391. The average molecular weight is 316 g/mol. The molecule has 0 saturated carbocycles. The lowest BCUT2D eigenvalue weighted by atomic mass is 10.1. The van der Waals surface area contributed by atoms with Gasteiger partial charge in [-0.2, -0.15) is 0 Å². The summed E-state index contributed by atoms with van der Waals surface area (Å²) < 4.78 is 32.5. The summed E-state index contributed by atoms with van der Waals surface area (Å²) in [4.78, 5) is 3.93. The van der Waals surface area contributed by atoms with Crippen LogP contribution in [0.4, 0.5) is 5.13 Å². The van der Waals surface area contributed by atoms with Gasteiger partial charge in [0.15, 0.2) is 9.34 Å². The highest BCUT2D eigenvalue weighted by atomic mass is 32.2. The van der Waals surface area contributed by atoms with E-state index in [-0.39, 0.29) is 9.34 Å². The third kappa shape index (κ3) is 2.69. The molecule has 0 aliphatic carbocycles. The third-order valence-corrected chi connectivity index (χ3v) is 6.01. The molecule has 2 rings (SSSR count). The summed E-state index contributed by atoms with van der Waals surface area (Å²) in [5, 5.41) is 4.05. The van der Waals surface area contributed by atoms with Gasteiger partial charge in [0.25, 0.3) is 10.0 Å². The first-order chi connectivity index (χ1) is 9.22. The Balaban J connectivity index is 2.32. The van der Waals surface area contributed by atoms with Crippen LogP contribution in [0.25, 0.3) is 0 Å². The van der Waals surface area contributed by atoms with Crippen molar-refractivity contribution in [3.05, 3.63) is 22.7 Å². The van der Waals surface area contributed by atoms with Crippen molar-refractivity contribution >= 4 is 26.5 Å². The lowest BCUT2D eigenvalue weighted by Crippen LogP contribution is -2.27. The Hall–Kier alpha value is -1.45. The van der Waals surface area contributed by atoms with Crippen molar-refractivity contribution in [3.8, 4) is 0 Å². The van der Waals surface area contributed by atoms with E-state index in [0.29, 0.717) is 17.1 Å². The largest absolute Gasteiger partial charge is 0.375 e. The molecule has 1 unspecified atom stereocenters. The van der Waals surface area contributed by atoms with Crippen molar-refractivity contribution in [1.82, 2.24) is 14.9 Å². The molecule has 20 heavy (non-hydrogen) atoms. The van der Waals surface area contributed by atoms with Crippen molar-refractivity contribution < 1.29 is 12.9 Å². The van der Waals surface area contributed by atoms with Crippen LogP contribution in [-0.2, 0) is 10.0 Å². The molecule has 0 amide bonds. The van der Waals surface area contributed by atoms with Gasteiger partial charge in [0.1, 0.15) is 5.76 Å². The minimum absolute atomic E-state index is 0.133. The summed E-state index contributed by atoms with van der Waals surface area (Å²) in [5.41, 5.74) is 7.34. The van der Waals surface area contributed by atoms with Crippen LogP contribution in [0.2, 0.25) is 0 Å². The number of aromatic nitrogens is 2. The summed E-state index contributed by atoms with van der Waals surface area (Å²) in [6.07, 6.45) is 0. The fourth-order valence-corrected chi connectivity index (χ4v) is 4.64. The number of aryl methyl sites for hydroxylation is 3. The average Bonchev–Trinajstić information content (AvgIpc) is 2.81. The van der Waals surface area contributed by atoms with Gasteiger partial charge in [-0.05, 0) is 27.7 Å². The molecule has 0 aliphatic rings. The molecule has 2 aromatic rings. The number of sulfonamides is 1. The molecule has 2 aromatic heterocycles. The fraction of sp³-hybridized carbons (Fsp3) is 0.455. The smallest absolute Gasteiger partial charge is 0.252 e. The van der Waals surface area contributed by atoms with E-state index in [0.717, 1.165) is 16.9 Å². The summed E-state index contributed by atoms with van der Waals surface area (Å²) in [6, 6.07) is -0.450. The lowest BCUT2D eigenvalue weighted by Gasteiger charge is -2.13. The van der Waals surface area contributed by atoms with Crippen molar-refractivity contribution in [2.75, 3.05) is 5.73 Å². The van der Waals surface area contributed by atoms with Crippen LogP contribution >= 0.6 is 11.3 Å². The summed E-state index contributed by atoms with van der Waals surface area (Å²) in [7, 11) is -3.67. The number of hydrogen-bond donors (Lipinski definition) is 2. The molecule has 0 saturated heterocycles. The molecule has 9 heteroatoms. The number of rotatable bonds is 4. The zero-order valence-electron chi connectivity index (χ0n) is 11.6. The van der Waals surface area contributed by atoms with Gasteiger partial charge < -0.3 is 10.3 Å². The number of nitrogen functional groups attached to an aromatic ring is 1. The van der Waals surface area contributed by atoms with E-state index in [2.05, 4.69) is 14.9 Å². The van der Waals surface area contributed by atoms with Gasteiger partial charge in [-0.1, -0.05) is 16.5 Å².